The zero-order valence-electron chi connectivity index (χ0n) is 13.5. The van der Waals surface area contributed by atoms with Crippen molar-refractivity contribution < 1.29 is 24.0 Å². The third-order valence-corrected chi connectivity index (χ3v) is 3.89. The lowest BCUT2D eigenvalue weighted by molar-refractivity contribution is -0.384. The Morgan fingerprint density at radius 3 is 2.84 bits per heavy atom. The van der Waals surface area contributed by atoms with Crippen molar-refractivity contribution in [3.05, 3.63) is 50.0 Å². The molecule has 0 fully saturated rings. The molecule has 10 heteroatoms. The van der Waals surface area contributed by atoms with E-state index in [-0.39, 0.29) is 23.7 Å². The molecule has 1 N–H and O–H groups in total. The lowest BCUT2D eigenvalue weighted by Gasteiger charge is -2.08. The predicted octanol–water partition coefficient (Wildman–Crippen LogP) is 2.30. The number of carbonyl (C=O) groups is 2. The second-order valence-corrected chi connectivity index (χ2v) is 5.88. The van der Waals surface area contributed by atoms with E-state index in [1.165, 1.54) is 42.0 Å². The van der Waals surface area contributed by atoms with Gasteiger partial charge in [-0.2, -0.15) is 0 Å². The van der Waals surface area contributed by atoms with Crippen molar-refractivity contribution in [2.75, 3.05) is 19.0 Å². The number of ether oxygens (including phenoxy) is 2. The number of anilines is 1. The first-order chi connectivity index (χ1) is 11.9. The average Bonchev–Trinajstić information content (AvgIpc) is 3.03. The van der Waals surface area contributed by atoms with E-state index in [0.717, 1.165) is 0 Å². The van der Waals surface area contributed by atoms with Crippen LogP contribution >= 0.6 is 11.3 Å². The van der Waals surface area contributed by atoms with Gasteiger partial charge in [0.05, 0.1) is 17.2 Å². The first-order valence-electron chi connectivity index (χ1n) is 7.06. The van der Waals surface area contributed by atoms with E-state index in [4.69, 9.17) is 9.47 Å². The molecule has 0 saturated carbocycles. The topological polar surface area (TPSA) is 121 Å². The first kappa shape index (κ1) is 18.5. The van der Waals surface area contributed by atoms with Crippen LogP contribution in [0.5, 0.6) is 0 Å². The number of aromatic nitrogens is 1. The van der Waals surface area contributed by atoms with Crippen molar-refractivity contribution in [3.63, 3.8) is 0 Å². The molecule has 2 rings (SSSR count). The number of hydrogen-bond donors (Lipinski definition) is 1. The number of rotatable bonds is 7. The van der Waals surface area contributed by atoms with Gasteiger partial charge in [-0.25, -0.2) is 9.78 Å². The molecule has 1 aromatic heterocycles. The van der Waals surface area contributed by atoms with Crippen molar-refractivity contribution in [3.8, 4) is 0 Å². The largest absolute Gasteiger partial charge is 0.451 e. The summed E-state index contributed by atoms with van der Waals surface area (Å²) >= 11 is 1.24. The summed E-state index contributed by atoms with van der Waals surface area (Å²) in [5.74, 6) is -1.34. The van der Waals surface area contributed by atoms with Gasteiger partial charge in [-0.3, -0.25) is 14.9 Å². The van der Waals surface area contributed by atoms with Crippen LogP contribution in [0.25, 0.3) is 0 Å². The molecular weight excluding hydrogens is 350 g/mol. The van der Waals surface area contributed by atoms with E-state index < -0.39 is 23.4 Å². The summed E-state index contributed by atoms with van der Waals surface area (Å²) in [6, 6.07) is 4.10. The molecule has 0 aliphatic rings. The number of aryl methyl sites for hydroxylation is 1. The second kappa shape index (κ2) is 8.31. The molecule has 1 aromatic carbocycles. The molecule has 0 aliphatic heterocycles. The third-order valence-electron chi connectivity index (χ3n) is 3.07. The van der Waals surface area contributed by atoms with Crippen molar-refractivity contribution in [2.24, 2.45) is 0 Å². The molecule has 9 nitrogen and oxygen atoms in total. The molecule has 0 bridgehead atoms. The molecule has 0 atom stereocenters. The lowest BCUT2D eigenvalue weighted by Crippen LogP contribution is -2.21. The first-order valence-corrected chi connectivity index (χ1v) is 7.94. The molecule has 1 heterocycles. The van der Waals surface area contributed by atoms with Crippen LogP contribution in [0.15, 0.2) is 23.6 Å². The van der Waals surface area contributed by atoms with Gasteiger partial charge in [-0.1, -0.05) is 6.07 Å². The number of nitrogens with one attached hydrogen (secondary N) is 1. The highest BCUT2D eigenvalue weighted by Crippen LogP contribution is 2.21. The summed E-state index contributed by atoms with van der Waals surface area (Å²) in [7, 11) is 1.51. The number of hydrogen-bond acceptors (Lipinski definition) is 8. The van der Waals surface area contributed by atoms with Gasteiger partial charge >= 0.3 is 5.97 Å². The molecule has 0 spiro atoms. The maximum absolute atomic E-state index is 11.9. The predicted molar refractivity (Wildman–Crippen MR) is 89.6 cm³/mol. The van der Waals surface area contributed by atoms with Crippen molar-refractivity contribution in [2.45, 2.75) is 13.5 Å². The number of non-ortho nitro benzene ring substituents is 1. The maximum Gasteiger partial charge on any atom is 0.358 e. The molecular formula is C15H15N3O6S. The van der Waals surface area contributed by atoms with E-state index in [1.54, 1.807) is 6.92 Å². The van der Waals surface area contributed by atoms with Gasteiger partial charge in [0.2, 0.25) is 0 Å². The standard InChI is InChI=1S/C15H15N3O6S/c1-9-3-4-10(18(21)22)5-11(9)16-13(19)6-24-15(20)12-8-25-14(17-12)7-23-2/h3-5,8H,6-7H2,1-2H3,(H,16,19). The SMILES string of the molecule is COCc1nc(C(=O)OCC(=O)Nc2cc([N+](=O)[O-])ccc2C)cs1. The molecule has 2 aromatic rings. The van der Waals surface area contributed by atoms with Gasteiger partial charge in [0.15, 0.2) is 12.3 Å². The van der Waals surface area contributed by atoms with Crippen LogP contribution in [-0.4, -0.2) is 35.5 Å². The minimum atomic E-state index is -0.732. The number of benzene rings is 1. The number of nitrogens with zero attached hydrogens (tertiary/aromatic N) is 2. The second-order valence-electron chi connectivity index (χ2n) is 4.94. The van der Waals surface area contributed by atoms with Crippen LogP contribution < -0.4 is 5.32 Å². The Bertz CT molecular complexity index is 804. The van der Waals surface area contributed by atoms with Crippen LogP contribution in [0.2, 0.25) is 0 Å². The Morgan fingerprint density at radius 1 is 1.40 bits per heavy atom. The molecule has 132 valence electrons. The van der Waals surface area contributed by atoms with E-state index in [2.05, 4.69) is 10.3 Å². The number of nitro groups is 1. The smallest absolute Gasteiger partial charge is 0.358 e. The summed E-state index contributed by atoms with van der Waals surface area (Å²) in [5.41, 5.74) is 0.877. The number of nitro benzene ring substituents is 1. The third kappa shape index (κ3) is 5.06. The van der Waals surface area contributed by atoms with E-state index >= 15 is 0 Å². The zero-order valence-corrected chi connectivity index (χ0v) is 14.3. The molecule has 0 radical (unpaired) electrons. The number of thiazole rings is 1. The quantitative estimate of drug-likeness (QED) is 0.454. The van der Waals surface area contributed by atoms with Crippen molar-refractivity contribution in [1.82, 2.24) is 4.98 Å². The maximum atomic E-state index is 11.9. The van der Waals surface area contributed by atoms with Gasteiger partial charge in [0.25, 0.3) is 11.6 Å². The number of carbonyl (C=O) groups excluding carboxylic acids is 2. The minimum absolute atomic E-state index is 0.0939. The number of esters is 1. The van der Waals surface area contributed by atoms with E-state index in [1.807, 2.05) is 0 Å². The fourth-order valence-electron chi connectivity index (χ4n) is 1.84. The fraction of sp³-hybridized carbons (Fsp3) is 0.267. The summed E-state index contributed by atoms with van der Waals surface area (Å²) in [5, 5.41) is 15.4. The monoisotopic (exact) mass is 365 g/mol. The van der Waals surface area contributed by atoms with Crippen LogP contribution in [0.1, 0.15) is 21.1 Å². The van der Waals surface area contributed by atoms with Gasteiger partial charge in [0.1, 0.15) is 5.01 Å². The molecule has 0 saturated heterocycles. The summed E-state index contributed by atoms with van der Waals surface area (Å²) in [4.78, 5) is 38.0. The van der Waals surface area contributed by atoms with E-state index in [9.17, 15) is 19.7 Å². The van der Waals surface area contributed by atoms with Crippen LogP contribution in [0.4, 0.5) is 11.4 Å². The van der Waals surface area contributed by atoms with E-state index in [0.29, 0.717) is 10.6 Å². The normalized spacial score (nSPS) is 10.3. The van der Waals surface area contributed by atoms with Crippen LogP contribution in [0, 0.1) is 17.0 Å². The molecule has 0 unspecified atom stereocenters. The Balaban J connectivity index is 1.93. The van der Waals surface area contributed by atoms with Crippen LogP contribution in [0.3, 0.4) is 0 Å². The van der Waals surface area contributed by atoms with Gasteiger partial charge < -0.3 is 14.8 Å². The number of methoxy groups -OCH3 is 1. The van der Waals surface area contributed by atoms with Gasteiger partial charge in [-0.15, -0.1) is 11.3 Å². The highest BCUT2D eigenvalue weighted by atomic mass is 32.1. The Labute approximate surface area is 146 Å². The van der Waals surface area contributed by atoms with Crippen molar-refractivity contribution >= 4 is 34.6 Å². The van der Waals surface area contributed by atoms with Gasteiger partial charge in [0, 0.05) is 24.6 Å². The molecule has 0 aliphatic carbocycles. The number of amides is 1. The summed E-state index contributed by atoms with van der Waals surface area (Å²) < 4.78 is 9.80. The minimum Gasteiger partial charge on any atom is -0.451 e. The lowest BCUT2D eigenvalue weighted by atomic mass is 10.2. The average molecular weight is 365 g/mol. The molecule has 1 amide bonds. The fourth-order valence-corrected chi connectivity index (χ4v) is 2.58. The highest BCUT2D eigenvalue weighted by Gasteiger charge is 2.15. The molecule has 25 heavy (non-hydrogen) atoms. The Kier molecular flexibility index (Phi) is 6.14. The summed E-state index contributed by atoms with van der Waals surface area (Å²) in [6.45, 7) is 1.44. The Hall–Kier alpha value is -2.85. The van der Waals surface area contributed by atoms with Crippen LogP contribution in [-0.2, 0) is 20.9 Å². The Morgan fingerprint density at radius 2 is 2.16 bits per heavy atom. The summed E-state index contributed by atoms with van der Waals surface area (Å²) in [6.07, 6.45) is 0. The zero-order chi connectivity index (χ0) is 18.4. The van der Waals surface area contributed by atoms with Crippen molar-refractivity contribution in [1.29, 1.82) is 0 Å². The highest BCUT2D eigenvalue weighted by molar-refractivity contribution is 7.09. The van der Waals surface area contributed by atoms with Gasteiger partial charge in [-0.05, 0) is 12.5 Å².